The van der Waals surface area contributed by atoms with Crippen LogP contribution in [0.4, 0.5) is 0 Å². The van der Waals surface area contributed by atoms with E-state index < -0.39 is 0 Å². The summed E-state index contributed by atoms with van der Waals surface area (Å²) in [4.78, 5) is 16.0. The van der Waals surface area contributed by atoms with E-state index in [0.717, 1.165) is 5.56 Å². The van der Waals surface area contributed by atoms with E-state index in [4.69, 9.17) is 4.74 Å². The Labute approximate surface area is 137 Å². The van der Waals surface area contributed by atoms with Crippen LogP contribution in [-0.4, -0.2) is 37.6 Å². The van der Waals surface area contributed by atoms with Crippen molar-refractivity contribution in [2.24, 2.45) is 0 Å². The molecule has 0 unspecified atom stereocenters. The number of nitrogens with zero attached hydrogens (tertiary/aromatic N) is 5. The molecule has 3 aromatic rings. The fourth-order valence-corrected chi connectivity index (χ4v) is 2.92. The molecule has 3 aromatic heterocycles. The number of aromatic nitrogens is 5. The summed E-state index contributed by atoms with van der Waals surface area (Å²) in [7, 11) is 0. The Morgan fingerprint density at radius 2 is 2.17 bits per heavy atom. The molecular formula is C16H16N6O2. The monoisotopic (exact) mass is 324 g/mol. The molecule has 1 aliphatic rings. The van der Waals surface area contributed by atoms with Gasteiger partial charge in [-0.1, -0.05) is 13.8 Å². The van der Waals surface area contributed by atoms with E-state index in [2.05, 4.69) is 21.3 Å². The minimum Gasteiger partial charge on any atom is -0.377 e. The Morgan fingerprint density at radius 1 is 1.38 bits per heavy atom. The van der Waals surface area contributed by atoms with Gasteiger partial charge < -0.3 is 9.72 Å². The SMILES string of the molecule is CC(C)c1c(-c2cnn(C3COC3)c2)[nH]c2c(C#N)cnn2c1=O. The maximum absolute atomic E-state index is 12.8. The minimum atomic E-state index is -0.213. The maximum Gasteiger partial charge on any atom is 0.278 e. The average Bonchev–Trinajstić information content (AvgIpc) is 3.11. The van der Waals surface area contributed by atoms with Crippen molar-refractivity contribution in [3.63, 3.8) is 0 Å². The van der Waals surface area contributed by atoms with E-state index in [1.807, 2.05) is 24.7 Å². The number of fused-ring (bicyclic) bond motifs is 1. The fraction of sp³-hybridized carbons (Fsp3) is 0.375. The highest BCUT2D eigenvalue weighted by Crippen LogP contribution is 2.27. The molecule has 0 amide bonds. The summed E-state index contributed by atoms with van der Waals surface area (Å²) in [5, 5.41) is 17.6. The van der Waals surface area contributed by atoms with Gasteiger partial charge in [0, 0.05) is 17.3 Å². The van der Waals surface area contributed by atoms with Crippen LogP contribution in [0.2, 0.25) is 0 Å². The van der Waals surface area contributed by atoms with E-state index in [9.17, 15) is 10.1 Å². The van der Waals surface area contributed by atoms with Gasteiger partial charge in [0.2, 0.25) is 0 Å². The second-order valence-corrected chi connectivity index (χ2v) is 6.20. The summed E-state index contributed by atoms with van der Waals surface area (Å²) in [6.07, 6.45) is 5.04. The van der Waals surface area contributed by atoms with Crippen molar-refractivity contribution >= 4 is 5.65 Å². The Bertz CT molecular complexity index is 1020. The first-order valence-corrected chi connectivity index (χ1v) is 7.76. The Balaban J connectivity index is 1.95. The average molecular weight is 324 g/mol. The van der Waals surface area contributed by atoms with Gasteiger partial charge in [-0.25, -0.2) is 0 Å². The second kappa shape index (κ2) is 5.32. The van der Waals surface area contributed by atoms with E-state index in [1.54, 1.807) is 6.20 Å². The third-order valence-electron chi connectivity index (χ3n) is 4.29. The van der Waals surface area contributed by atoms with Gasteiger partial charge in [0.1, 0.15) is 11.6 Å². The number of aromatic amines is 1. The van der Waals surface area contributed by atoms with Crippen molar-refractivity contribution in [3.05, 3.63) is 40.1 Å². The van der Waals surface area contributed by atoms with Crippen molar-refractivity contribution in [1.29, 1.82) is 5.26 Å². The zero-order valence-corrected chi connectivity index (χ0v) is 13.4. The molecule has 0 spiro atoms. The molecule has 1 saturated heterocycles. The molecule has 0 aliphatic carbocycles. The summed E-state index contributed by atoms with van der Waals surface area (Å²) in [5.74, 6) is -0.00160. The molecule has 0 atom stereocenters. The van der Waals surface area contributed by atoms with Crippen LogP contribution in [-0.2, 0) is 4.74 Å². The third-order valence-corrected chi connectivity index (χ3v) is 4.29. The topological polar surface area (TPSA) is 101 Å². The van der Waals surface area contributed by atoms with Crippen LogP contribution in [0.3, 0.4) is 0 Å². The number of hydrogen-bond acceptors (Lipinski definition) is 5. The minimum absolute atomic E-state index is 0.00160. The van der Waals surface area contributed by atoms with Crippen LogP contribution < -0.4 is 5.56 Å². The molecule has 8 nitrogen and oxygen atoms in total. The van der Waals surface area contributed by atoms with Crippen molar-refractivity contribution in [2.75, 3.05) is 13.2 Å². The van der Waals surface area contributed by atoms with Gasteiger partial charge in [-0.15, -0.1) is 0 Å². The number of rotatable bonds is 3. The van der Waals surface area contributed by atoms with Gasteiger partial charge in [0.05, 0.1) is 37.3 Å². The second-order valence-electron chi connectivity index (χ2n) is 6.20. The molecule has 4 rings (SSSR count). The number of nitrogens with one attached hydrogen (secondary N) is 1. The van der Waals surface area contributed by atoms with Crippen LogP contribution >= 0.6 is 0 Å². The molecule has 0 saturated carbocycles. The lowest BCUT2D eigenvalue weighted by Crippen LogP contribution is -2.30. The highest BCUT2D eigenvalue weighted by molar-refractivity contribution is 5.67. The van der Waals surface area contributed by atoms with Gasteiger partial charge in [-0.3, -0.25) is 9.48 Å². The first-order chi connectivity index (χ1) is 11.6. The van der Waals surface area contributed by atoms with E-state index in [1.165, 1.54) is 10.7 Å². The zero-order valence-electron chi connectivity index (χ0n) is 13.4. The lowest BCUT2D eigenvalue weighted by molar-refractivity contribution is -0.0286. The van der Waals surface area contributed by atoms with Crippen molar-refractivity contribution in [2.45, 2.75) is 25.8 Å². The van der Waals surface area contributed by atoms with Gasteiger partial charge in [-0.2, -0.15) is 20.0 Å². The lowest BCUT2D eigenvalue weighted by Gasteiger charge is -2.25. The van der Waals surface area contributed by atoms with E-state index in [0.29, 0.717) is 35.7 Å². The Kier molecular flexibility index (Phi) is 3.25. The highest BCUT2D eigenvalue weighted by atomic mass is 16.5. The fourth-order valence-electron chi connectivity index (χ4n) is 2.92. The first-order valence-electron chi connectivity index (χ1n) is 7.76. The summed E-state index contributed by atoms with van der Waals surface area (Å²) >= 11 is 0. The normalized spacial score (nSPS) is 14.9. The Morgan fingerprint density at radius 3 is 2.79 bits per heavy atom. The zero-order chi connectivity index (χ0) is 16.8. The van der Waals surface area contributed by atoms with Crippen molar-refractivity contribution < 1.29 is 4.74 Å². The maximum atomic E-state index is 12.8. The van der Waals surface area contributed by atoms with Crippen LogP contribution in [0, 0.1) is 11.3 Å². The van der Waals surface area contributed by atoms with Gasteiger partial charge in [0.15, 0.2) is 5.65 Å². The Hall–Kier alpha value is -2.92. The van der Waals surface area contributed by atoms with Gasteiger partial charge in [0.25, 0.3) is 5.56 Å². The summed E-state index contributed by atoms with van der Waals surface area (Å²) in [6.45, 7) is 5.21. The summed E-state index contributed by atoms with van der Waals surface area (Å²) in [6, 6.07) is 2.29. The van der Waals surface area contributed by atoms with Crippen LogP contribution in [0.5, 0.6) is 0 Å². The van der Waals surface area contributed by atoms with Gasteiger partial charge in [-0.05, 0) is 5.92 Å². The molecule has 4 heterocycles. The molecule has 1 aliphatic heterocycles. The van der Waals surface area contributed by atoms with Crippen LogP contribution in [0.1, 0.15) is 36.9 Å². The van der Waals surface area contributed by atoms with Gasteiger partial charge >= 0.3 is 0 Å². The summed E-state index contributed by atoms with van der Waals surface area (Å²) in [5.41, 5.74) is 2.65. The molecule has 1 fully saturated rings. The predicted molar refractivity (Wildman–Crippen MR) is 85.7 cm³/mol. The van der Waals surface area contributed by atoms with E-state index in [-0.39, 0.29) is 17.5 Å². The number of ether oxygens (including phenoxy) is 1. The lowest BCUT2D eigenvalue weighted by atomic mass is 10.00. The quantitative estimate of drug-likeness (QED) is 0.786. The molecule has 0 radical (unpaired) electrons. The number of H-pyrrole nitrogens is 1. The van der Waals surface area contributed by atoms with Crippen LogP contribution in [0.25, 0.3) is 16.9 Å². The van der Waals surface area contributed by atoms with Crippen molar-refractivity contribution in [1.82, 2.24) is 24.4 Å². The third kappa shape index (κ3) is 2.06. The molecule has 24 heavy (non-hydrogen) atoms. The molecule has 0 bridgehead atoms. The number of nitriles is 1. The molecule has 0 aromatic carbocycles. The largest absolute Gasteiger partial charge is 0.377 e. The number of hydrogen-bond donors (Lipinski definition) is 1. The molecule has 122 valence electrons. The standard InChI is InChI=1S/C16H16N6O2/c1-9(2)13-14(11-5-18-21(6-11)12-7-24-8-12)20-15-10(3-17)4-19-22(15)16(13)23/h4-6,9,12,20H,7-8H2,1-2H3. The van der Waals surface area contributed by atoms with Crippen molar-refractivity contribution in [3.8, 4) is 17.3 Å². The first kappa shape index (κ1) is 14.7. The van der Waals surface area contributed by atoms with Crippen LogP contribution in [0.15, 0.2) is 23.4 Å². The van der Waals surface area contributed by atoms with E-state index >= 15 is 0 Å². The molecule has 1 N–H and O–H groups in total. The molecule has 8 heteroatoms. The molecular weight excluding hydrogens is 308 g/mol. The smallest absolute Gasteiger partial charge is 0.278 e. The predicted octanol–water partition coefficient (Wildman–Crippen LogP) is 1.45. The highest BCUT2D eigenvalue weighted by Gasteiger charge is 2.24. The summed E-state index contributed by atoms with van der Waals surface area (Å²) < 4.78 is 8.30.